The normalized spacial score (nSPS) is 9.80. The number of aryl methyl sites for hydroxylation is 1. The molecule has 1 aromatic carbocycles. The van der Waals surface area contributed by atoms with Gasteiger partial charge < -0.3 is 5.32 Å². The summed E-state index contributed by atoms with van der Waals surface area (Å²) in [5.74, 6) is 0.311. The SMILES string of the molecule is C.C.Cc1nc2ccc(Nc3nc(Cl)nc(Cl)n3)cc2s1.Clc1nc(Cl)nc(Cl)n1. The maximum absolute atomic E-state index is 5.72. The van der Waals surface area contributed by atoms with Crippen molar-refractivity contribution in [2.45, 2.75) is 21.8 Å². The van der Waals surface area contributed by atoms with E-state index in [1.807, 2.05) is 25.1 Å². The number of thiazole rings is 1. The molecule has 0 atom stereocenters. The molecule has 0 aliphatic carbocycles. The molecule has 160 valence electrons. The van der Waals surface area contributed by atoms with Gasteiger partial charge in [-0.15, -0.1) is 11.3 Å². The molecule has 0 amide bonds. The van der Waals surface area contributed by atoms with Gasteiger partial charge in [0.1, 0.15) is 0 Å². The molecule has 1 N–H and O–H groups in total. The number of hydrogen-bond acceptors (Lipinski definition) is 9. The summed E-state index contributed by atoms with van der Waals surface area (Å²) in [5, 5.41) is 4.17. The number of halogens is 5. The number of fused-ring (bicyclic) bond motifs is 1. The third-order valence-electron chi connectivity index (χ3n) is 2.89. The van der Waals surface area contributed by atoms with E-state index < -0.39 is 0 Å². The van der Waals surface area contributed by atoms with E-state index in [-0.39, 0.29) is 41.3 Å². The largest absolute Gasteiger partial charge is 0.324 e. The quantitative estimate of drug-likeness (QED) is 0.298. The van der Waals surface area contributed by atoms with Gasteiger partial charge in [0.25, 0.3) is 0 Å². The van der Waals surface area contributed by atoms with E-state index in [2.05, 4.69) is 40.2 Å². The van der Waals surface area contributed by atoms with Crippen LogP contribution in [-0.4, -0.2) is 34.9 Å². The van der Waals surface area contributed by atoms with Gasteiger partial charge in [0.2, 0.25) is 32.4 Å². The summed E-state index contributed by atoms with van der Waals surface area (Å²) in [6.07, 6.45) is 0. The van der Waals surface area contributed by atoms with Crippen molar-refractivity contribution in [1.82, 2.24) is 34.9 Å². The van der Waals surface area contributed by atoms with Gasteiger partial charge in [0.15, 0.2) is 0 Å². The van der Waals surface area contributed by atoms with Crippen LogP contribution in [0.2, 0.25) is 26.4 Å². The molecule has 0 spiro atoms. The lowest BCUT2D eigenvalue weighted by Crippen LogP contribution is -1.99. The summed E-state index contributed by atoms with van der Waals surface area (Å²) < 4.78 is 1.09. The molecule has 0 unspecified atom stereocenters. The van der Waals surface area contributed by atoms with Crippen LogP contribution in [0.25, 0.3) is 10.2 Å². The fraction of sp³-hybridized carbons (Fsp3) is 0.188. The Morgan fingerprint density at radius 2 is 1.17 bits per heavy atom. The summed E-state index contributed by atoms with van der Waals surface area (Å²) in [6.45, 7) is 1.98. The number of nitrogens with one attached hydrogen (secondary N) is 1. The molecule has 0 saturated carbocycles. The first-order valence-corrected chi connectivity index (χ1v) is 9.93. The topological polar surface area (TPSA) is 102 Å². The van der Waals surface area contributed by atoms with Crippen molar-refractivity contribution in [2.24, 2.45) is 0 Å². The predicted molar refractivity (Wildman–Crippen MR) is 126 cm³/mol. The molecule has 0 radical (unpaired) electrons. The molecular formula is C16H15Cl5N8S. The van der Waals surface area contributed by atoms with Gasteiger partial charge in [-0.05, 0) is 83.1 Å². The number of aromatic nitrogens is 7. The Kier molecular flexibility index (Phi) is 10.3. The van der Waals surface area contributed by atoms with Crippen molar-refractivity contribution < 1.29 is 0 Å². The number of benzene rings is 1. The highest BCUT2D eigenvalue weighted by Gasteiger charge is 2.06. The Hall–Kier alpha value is -1.62. The van der Waals surface area contributed by atoms with E-state index in [9.17, 15) is 0 Å². The second kappa shape index (κ2) is 11.7. The summed E-state index contributed by atoms with van der Waals surface area (Å²) >= 11 is 29.0. The van der Waals surface area contributed by atoms with Crippen LogP contribution < -0.4 is 5.32 Å². The highest BCUT2D eigenvalue weighted by molar-refractivity contribution is 7.18. The fourth-order valence-corrected chi connectivity index (χ4v) is 3.77. The summed E-state index contributed by atoms with van der Waals surface area (Å²) in [7, 11) is 0. The maximum atomic E-state index is 5.72. The molecule has 0 saturated heterocycles. The number of hydrogen-bond donors (Lipinski definition) is 1. The van der Waals surface area contributed by atoms with Gasteiger partial charge in [-0.25, -0.2) is 4.98 Å². The van der Waals surface area contributed by atoms with Gasteiger partial charge in [0.05, 0.1) is 15.2 Å². The lowest BCUT2D eigenvalue weighted by molar-refractivity contribution is 1.05. The summed E-state index contributed by atoms with van der Waals surface area (Å²) in [4.78, 5) is 26.4. The Bertz CT molecular complexity index is 1070. The number of rotatable bonds is 2. The van der Waals surface area contributed by atoms with Gasteiger partial charge in [-0.2, -0.15) is 29.9 Å². The van der Waals surface area contributed by atoms with Gasteiger partial charge in [-0.1, -0.05) is 14.9 Å². The summed E-state index contributed by atoms with van der Waals surface area (Å²) in [5.41, 5.74) is 1.81. The number of nitrogens with zero attached hydrogens (tertiary/aromatic N) is 7. The van der Waals surface area contributed by atoms with Crippen molar-refractivity contribution in [1.29, 1.82) is 0 Å². The average molecular weight is 529 g/mol. The minimum Gasteiger partial charge on any atom is -0.324 e. The van der Waals surface area contributed by atoms with Crippen LogP contribution in [0.5, 0.6) is 0 Å². The van der Waals surface area contributed by atoms with E-state index >= 15 is 0 Å². The molecule has 0 fully saturated rings. The minimum absolute atomic E-state index is 0. The zero-order valence-corrected chi connectivity index (χ0v) is 18.3. The van der Waals surface area contributed by atoms with Crippen LogP contribution in [0, 0.1) is 6.92 Å². The first kappa shape index (κ1) is 26.4. The van der Waals surface area contributed by atoms with Crippen LogP contribution in [0.3, 0.4) is 0 Å². The van der Waals surface area contributed by atoms with E-state index in [1.54, 1.807) is 11.3 Å². The Morgan fingerprint density at radius 3 is 1.67 bits per heavy atom. The Morgan fingerprint density at radius 1 is 0.700 bits per heavy atom. The lowest BCUT2D eigenvalue weighted by atomic mass is 10.3. The predicted octanol–water partition coefficient (Wildman–Crippen LogP) is 6.94. The summed E-state index contributed by atoms with van der Waals surface area (Å²) in [6, 6.07) is 5.81. The van der Waals surface area contributed by atoms with Gasteiger partial charge >= 0.3 is 0 Å². The molecule has 3 heterocycles. The number of anilines is 2. The van der Waals surface area contributed by atoms with Crippen LogP contribution in [0.1, 0.15) is 19.9 Å². The van der Waals surface area contributed by atoms with Crippen LogP contribution >= 0.6 is 69.3 Å². The second-order valence-corrected chi connectivity index (χ2v) is 7.81. The third-order valence-corrected chi connectivity index (χ3v) is 4.66. The molecule has 30 heavy (non-hydrogen) atoms. The molecule has 0 bridgehead atoms. The standard InChI is InChI=1S/C11H7Cl2N5S.C3Cl3N3.2CH4/c1-5-14-7-3-2-6(4-8(7)19-5)15-11-17-9(12)16-10(13)18-11;4-1-7-2(5)9-3(6)8-1;;/h2-4H,1H3,(H,15,16,17,18);;2*1H4. The van der Waals surface area contributed by atoms with Crippen molar-refractivity contribution >= 4 is 91.2 Å². The molecule has 3 aromatic heterocycles. The van der Waals surface area contributed by atoms with Crippen molar-refractivity contribution in [3.63, 3.8) is 0 Å². The lowest BCUT2D eigenvalue weighted by Gasteiger charge is -2.04. The highest BCUT2D eigenvalue weighted by Crippen LogP contribution is 2.26. The van der Waals surface area contributed by atoms with Crippen LogP contribution in [0.15, 0.2) is 18.2 Å². The van der Waals surface area contributed by atoms with E-state index in [4.69, 9.17) is 58.0 Å². The Balaban J connectivity index is 0.000000351. The third kappa shape index (κ3) is 7.57. The zero-order chi connectivity index (χ0) is 20.3. The zero-order valence-electron chi connectivity index (χ0n) is 13.7. The molecule has 4 aromatic rings. The second-order valence-electron chi connectivity index (χ2n) is 4.88. The molecule has 0 aliphatic rings. The Labute approximate surface area is 202 Å². The van der Waals surface area contributed by atoms with Gasteiger partial charge in [0, 0.05) is 5.69 Å². The van der Waals surface area contributed by atoms with Crippen LogP contribution in [0.4, 0.5) is 11.6 Å². The minimum atomic E-state index is 0. The van der Waals surface area contributed by atoms with Crippen molar-refractivity contribution in [3.8, 4) is 0 Å². The molecule has 0 aliphatic heterocycles. The van der Waals surface area contributed by atoms with E-state index in [0.717, 1.165) is 20.9 Å². The van der Waals surface area contributed by atoms with E-state index in [0.29, 0.717) is 5.95 Å². The van der Waals surface area contributed by atoms with Crippen molar-refractivity contribution in [3.05, 3.63) is 49.6 Å². The molecular weight excluding hydrogens is 514 g/mol. The highest BCUT2D eigenvalue weighted by atomic mass is 35.5. The average Bonchev–Trinajstić information content (AvgIpc) is 2.92. The van der Waals surface area contributed by atoms with E-state index in [1.165, 1.54) is 0 Å². The fourth-order valence-electron chi connectivity index (χ4n) is 1.93. The molecule has 14 heteroatoms. The smallest absolute Gasteiger partial charge is 0.232 e. The molecule has 4 rings (SSSR count). The van der Waals surface area contributed by atoms with Crippen LogP contribution in [-0.2, 0) is 0 Å². The maximum Gasteiger partial charge on any atom is 0.232 e. The van der Waals surface area contributed by atoms with Crippen molar-refractivity contribution in [2.75, 3.05) is 5.32 Å². The monoisotopic (exact) mass is 526 g/mol. The van der Waals surface area contributed by atoms with Gasteiger partial charge in [-0.3, -0.25) is 0 Å². The first-order valence-electron chi connectivity index (χ1n) is 7.22. The first-order chi connectivity index (χ1) is 13.3. The molecule has 8 nitrogen and oxygen atoms in total.